The monoisotopic (exact) mass is 159 g/mol. The Balaban J connectivity index is 0. The summed E-state index contributed by atoms with van der Waals surface area (Å²) in [6.45, 7) is 3.82. The Hall–Kier alpha value is 0.507. The molecule has 57 valence electrons. The van der Waals surface area contributed by atoms with Crippen LogP contribution in [0.25, 0.3) is 0 Å². The molecule has 0 rings (SSSR count). The van der Waals surface area contributed by atoms with E-state index >= 15 is 0 Å². The molecule has 0 aliphatic heterocycles. The van der Waals surface area contributed by atoms with Crippen LogP contribution in [0.4, 0.5) is 0 Å². The van der Waals surface area contributed by atoms with Crippen molar-refractivity contribution < 1.29 is 13.0 Å². The second-order valence-corrected chi connectivity index (χ2v) is 4.04. The molecular formula is C5H12LiO3S. The summed E-state index contributed by atoms with van der Waals surface area (Å²) in [6.07, 6.45) is 0.527. The molecule has 0 aliphatic carbocycles. The van der Waals surface area contributed by atoms with Gasteiger partial charge in [-0.15, -0.1) is 0 Å². The van der Waals surface area contributed by atoms with E-state index in [1.165, 1.54) is 0 Å². The summed E-state index contributed by atoms with van der Waals surface area (Å²) in [5.74, 6) is 0.205. The van der Waals surface area contributed by atoms with E-state index in [0.29, 0.717) is 12.3 Å². The van der Waals surface area contributed by atoms with Crippen LogP contribution in [-0.4, -0.2) is 37.6 Å². The van der Waals surface area contributed by atoms with Crippen molar-refractivity contribution in [2.75, 3.05) is 5.75 Å². The van der Waals surface area contributed by atoms with Crippen LogP contribution in [-0.2, 0) is 10.1 Å². The first kappa shape index (κ1) is 13.1. The van der Waals surface area contributed by atoms with Gasteiger partial charge in [0, 0.05) is 18.9 Å². The van der Waals surface area contributed by atoms with Crippen molar-refractivity contribution in [3.05, 3.63) is 0 Å². The Morgan fingerprint density at radius 3 is 1.90 bits per heavy atom. The van der Waals surface area contributed by atoms with Gasteiger partial charge >= 0.3 is 0 Å². The van der Waals surface area contributed by atoms with Crippen molar-refractivity contribution in [1.82, 2.24) is 0 Å². The van der Waals surface area contributed by atoms with Crippen LogP contribution < -0.4 is 0 Å². The molecular weight excluding hydrogens is 147 g/mol. The second-order valence-electron chi connectivity index (χ2n) is 2.47. The maximum atomic E-state index is 10.1. The third-order valence-electron chi connectivity index (χ3n) is 0.953. The van der Waals surface area contributed by atoms with Crippen molar-refractivity contribution >= 4 is 29.0 Å². The minimum atomic E-state index is -3.72. The summed E-state index contributed by atoms with van der Waals surface area (Å²) in [6, 6.07) is 0. The summed E-state index contributed by atoms with van der Waals surface area (Å²) in [5, 5.41) is 0. The Bertz CT molecular complexity index is 162. The molecule has 0 atom stereocenters. The number of hydrogen-bond acceptors (Lipinski definition) is 2. The summed E-state index contributed by atoms with van der Waals surface area (Å²) in [4.78, 5) is 0. The van der Waals surface area contributed by atoms with Crippen LogP contribution in [0.2, 0.25) is 0 Å². The Labute approximate surface area is 74.1 Å². The van der Waals surface area contributed by atoms with E-state index in [2.05, 4.69) is 0 Å². The molecule has 10 heavy (non-hydrogen) atoms. The fraction of sp³-hybridized carbons (Fsp3) is 1.00. The zero-order chi connectivity index (χ0) is 7.49. The normalized spacial score (nSPS) is 11.2. The van der Waals surface area contributed by atoms with Crippen molar-refractivity contribution in [2.24, 2.45) is 5.92 Å². The van der Waals surface area contributed by atoms with E-state index in [1.54, 1.807) is 0 Å². The fourth-order valence-electron chi connectivity index (χ4n) is 0.385. The van der Waals surface area contributed by atoms with Crippen molar-refractivity contribution in [3.8, 4) is 0 Å². The van der Waals surface area contributed by atoms with Gasteiger partial charge in [0.1, 0.15) is 0 Å². The maximum absolute atomic E-state index is 10.1. The van der Waals surface area contributed by atoms with E-state index in [0.717, 1.165) is 0 Å². The first-order valence-electron chi connectivity index (χ1n) is 2.87. The van der Waals surface area contributed by atoms with Crippen LogP contribution in [0.5, 0.6) is 0 Å². The molecule has 0 aromatic carbocycles. The van der Waals surface area contributed by atoms with Gasteiger partial charge < -0.3 is 0 Å². The van der Waals surface area contributed by atoms with Crippen LogP contribution in [0.15, 0.2) is 0 Å². The summed E-state index contributed by atoms with van der Waals surface area (Å²) < 4.78 is 28.4. The third kappa shape index (κ3) is 11.3. The molecule has 0 fully saturated rings. The van der Waals surface area contributed by atoms with Crippen LogP contribution >= 0.6 is 0 Å². The largest absolute Gasteiger partial charge is 0.286 e. The zero-order valence-electron chi connectivity index (χ0n) is 6.66. The van der Waals surface area contributed by atoms with Crippen molar-refractivity contribution in [2.45, 2.75) is 20.3 Å². The van der Waals surface area contributed by atoms with Gasteiger partial charge in [0.05, 0.1) is 5.75 Å². The van der Waals surface area contributed by atoms with Gasteiger partial charge in [-0.2, -0.15) is 8.42 Å². The van der Waals surface area contributed by atoms with E-state index in [9.17, 15) is 8.42 Å². The Kier molecular flexibility index (Phi) is 6.82. The van der Waals surface area contributed by atoms with Crippen LogP contribution in [0, 0.1) is 5.92 Å². The quantitative estimate of drug-likeness (QED) is 0.483. The van der Waals surface area contributed by atoms with Crippen molar-refractivity contribution in [3.63, 3.8) is 0 Å². The molecule has 1 N–H and O–H groups in total. The predicted molar refractivity (Wildman–Crippen MR) is 41.6 cm³/mol. The van der Waals surface area contributed by atoms with Gasteiger partial charge in [0.2, 0.25) is 0 Å². The minimum Gasteiger partial charge on any atom is -0.286 e. The molecule has 0 heterocycles. The molecule has 0 unspecified atom stereocenters. The van der Waals surface area contributed by atoms with E-state index in [-0.39, 0.29) is 24.6 Å². The van der Waals surface area contributed by atoms with Crippen LogP contribution in [0.3, 0.4) is 0 Å². The molecule has 0 aromatic heterocycles. The molecule has 0 spiro atoms. The van der Waals surface area contributed by atoms with Gasteiger partial charge in [-0.25, -0.2) is 0 Å². The molecule has 0 saturated carbocycles. The standard InChI is InChI=1S/C5H12O3S.Li/c1-5(2)3-4-9(6,7)8;/h5H,3-4H2,1-2H3,(H,6,7,8);. The molecule has 0 saturated heterocycles. The molecule has 0 bridgehead atoms. The zero-order valence-corrected chi connectivity index (χ0v) is 7.48. The smallest absolute Gasteiger partial charge is 0.264 e. The second kappa shape index (κ2) is 5.20. The molecule has 3 nitrogen and oxygen atoms in total. The van der Waals surface area contributed by atoms with Gasteiger partial charge in [-0.3, -0.25) is 4.55 Å². The third-order valence-corrected chi connectivity index (χ3v) is 1.70. The number of hydrogen-bond donors (Lipinski definition) is 1. The SMILES string of the molecule is CC(C)CCS(=O)(=O)O.[Li]. The molecule has 0 amide bonds. The fourth-order valence-corrected chi connectivity index (χ4v) is 1.15. The van der Waals surface area contributed by atoms with Gasteiger partial charge in [0.25, 0.3) is 10.1 Å². The number of rotatable bonds is 3. The summed E-state index contributed by atoms with van der Waals surface area (Å²) in [5.41, 5.74) is 0. The minimum absolute atomic E-state index is 0. The maximum Gasteiger partial charge on any atom is 0.264 e. The predicted octanol–water partition coefficient (Wildman–Crippen LogP) is 0.540. The first-order valence-corrected chi connectivity index (χ1v) is 4.48. The average molecular weight is 159 g/mol. The summed E-state index contributed by atoms with van der Waals surface area (Å²) >= 11 is 0. The van der Waals surface area contributed by atoms with E-state index in [1.807, 2.05) is 13.8 Å². The molecule has 1 radical (unpaired) electrons. The molecule has 0 aromatic rings. The summed E-state index contributed by atoms with van der Waals surface area (Å²) in [7, 11) is -3.72. The molecule has 5 heteroatoms. The topological polar surface area (TPSA) is 54.4 Å². The van der Waals surface area contributed by atoms with Gasteiger partial charge in [-0.05, 0) is 12.3 Å². The van der Waals surface area contributed by atoms with Gasteiger partial charge in [-0.1, -0.05) is 13.8 Å². The average Bonchev–Trinajstić information content (AvgIpc) is 1.59. The Morgan fingerprint density at radius 1 is 1.40 bits per heavy atom. The van der Waals surface area contributed by atoms with Gasteiger partial charge in [0.15, 0.2) is 0 Å². The first-order chi connectivity index (χ1) is 3.92. The van der Waals surface area contributed by atoms with E-state index < -0.39 is 10.1 Å². The van der Waals surface area contributed by atoms with Crippen LogP contribution in [0.1, 0.15) is 20.3 Å². The Morgan fingerprint density at radius 2 is 1.80 bits per heavy atom. The molecule has 0 aliphatic rings. The van der Waals surface area contributed by atoms with E-state index in [4.69, 9.17) is 4.55 Å². The van der Waals surface area contributed by atoms with Crippen molar-refractivity contribution in [1.29, 1.82) is 0 Å².